The number of carboxylic acid groups (broad SMARTS) is 1. The van der Waals surface area contributed by atoms with E-state index in [4.69, 9.17) is 9.84 Å². The van der Waals surface area contributed by atoms with Crippen molar-refractivity contribution in [1.29, 1.82) is 0 Å². The number of esters is 1. The molecule has 1 saturated heterocycles. The van der Waals surface area contributed by atoms with Gasteiger partial charge >= 0.3 is 11.9 Å². The van der Waals surface area contributed by atoms with Gasteiger partial charge in [-0.1, -0.05) is 13.8 Å². The molecule has 1 aliphatic heterocycles. The van der Waals surface area contributed by atoms with Gasteiger partial charge in [-0.05, 0) is 26.2 Å². The Balaban J connectivity index is 2.92. The number of carboxylic acids is 1. The molecule has 0 aromatic carbocycles. The number of rotatable bonds is 2. The number of hydrogen-bond acceptors (Lipinski definition) is 3. The first-order chi connectivity index (χ1) is 6.79. The molecule has 0 bridgehead atoms. The molecule has 1 fully saturated rings. The van der Waals surface area contributed by atoms with E-state index in [2.05, 4.69) is 0 Å². The average Bonchev–Trinajstić information content (AvgIpc) is 2.13. The monoisotopic (exact) mass is 214 g/mol. The topological polar surface area (TPSA) is 63.6 Å². The van der Waals surface area contributed by atoms with Crippen molar-refractivity contribution in [2.45, 2.75) is 39.7 Å². The second kappa shape index (κ2) is 3.83. The first kappa shape index (κ1) is 12.0. The fraction of sp³-hybridized carbons (Fsp3) is 0.818. The Morgan fingerprint density at radius 1 is 1.60 bits per heavy atom. The Morgan fingerprint density at radius 2 is 2.13 bits per heavy atom. The van der Waals surface area contributed by atoms with Crippen LogP contribution in [0.25, 0.3) is 0 Å². The zero-order chi connectivity index (χ0) is 11.8. The summed E-state index contributed by atoms with van der Waals surface area (Å²) in [7, 11) is 0. The van der Waals surface area contributed by atoms with Crippen LogP contribution in [0, 0.1) is 17.8 Å². The van der Waals surface area contributed by atoms with Crippen LogP contribution in [0.2, 0.25) is 0 Å². The smallest absolute Gasteiger partial charge is 0.310 e. The zero-order valence-electron chi connectivity index (χ0n) is 9.61. The minimum absolute atomic E-state index is 0.0660. The minimum atomic E-state index is -0.924. The molecular formula is C11H18O4. The molecule has 0 amide bonds. The second-order valence-electron chi connectivity index (χ2n) is 4.70. The van der Waals surface area contributed by atoms with E-state index in [-0.39, 0.29) is 17.8 Å². The molecule has 1 N–H and O–H groups in total. The first-order valence-corrected chi connectivity index (χ1v) is 5.24. The number of cyclic esters (lactones) is 1. The fourth-order valence-electron chi connectivity index (χ4n) is 2.04. The summed E-state index contributed by atoms with van der Waals surface area (Å²) in [6.07, 6.45) is 0.687. The van der Waals surface area contributed by atoms with Crippen LogP contribution in [-0.4, -0.2) is 22.6 Å². The molecular weight excluding hydrogens is 196 g/mol. The zero-order valence-corrected chi connectivity index (χ0v) is 9.61. The van der Waals surface area contributed by atoms with Gasteiger partial charge in [0.15, 0.2) is 0 Å². The molecule has 4 atom stereocenters. The molecule has 0 aromatic heterocycles. The summed E-state index contributed by atoms with van der Waals surface area (Å²) in [6.45, 7) is 7.04. The molecule has 0 aliphatic carbocycles. The lowest BCUT2D eigenvalue weighted by molar-refractivity contribution is -0.192. The number of aliphatic carboxylic acids is 1. The van der Waals surface area contributed by atoms with E-state index in [1.54, 1.807) is 13.8 Å². The van der Waals surface area contributed by atoms with Gasteiger partial charge in [-0.15, -0.1) is 0 Å². The van der Waals surface area contributed by atoms with Crippen LogP contribution in [-0.2, 0) is 14.3 Å². The summed E-state index contributed by atoms with van der Waals surface area (Å²) in [4.78, 5) is 22.4. The van der Waals surface area contributed by atoms with Crippen LogP contribution in [0.4, 0.5) is 0 Å². The first-order valence-electron chi connectivity index (χ1n) is 5.24. The van der Waals surface area contributed by atoms with Crippen molar-refractivity contribution in [3.05, 3.63) is 0 Å². The van der Waals surface area contributed by atoms with E-state index in [1.165, 1.54) is 0 Å². The molecule has 15 heavy (non-hydrogen) atoms. The predicted molar refractivity (Wildman–Crippen MR) is 54.2 cm³/mol. The maximum atomic E-state index is 11.5. The van der Waals surface area contributed by atoms with Crippen molar-refractivity contribution >= 4 is 11.9 Å². The van der Waals surface area contributed by atoms with Crippen molar-refractivity contribution in [3.63, 3.8) is 0 Å². The summed E-state index contributed by atoms with van der Waals surface area (Å²) in [5.41, 5.74) is -0.880. The van der Waals surface area contributed by atoms with Crippen molar-refractivity contribution < 1.29 is 19.4 Å². The lowest BCUT2D eigenvalue weighted by atomic mass is 9.74. The number of ether oxygens (including phenoxy) is 1. The second-order valence-corrected chi connectivity index (χ2v) is 4.70. The molecule has 0 aromatic rings. The molecule has 86 valence electrons. The quantitative estimate of drug-likeness (QED) is 0.710. The normalized spacial score (nSPS) is 38.3. The maximum Gasteiger partial charge on any atom is 0.310 e. The van der Waals surface area contributed by atoms with Gasteiger partial charge in [0, 0.05) is 0 Å². The van der Waals surface area contributed by atoms with Gasteiger partial charge in [0.1, 0.15) is 5.60 Å². The highest BCUT2D eigenvalue weighted by molar-refractivity contribution is 5.76. The molecule has 4 heteroatoms. The summed E-state index contributed by atoms with van der Waals surface area (Å²) < 4.78 is 5.30. The molecule has 2 unspecified atom stereocenters. The van der Waals surface area contributed by atoms with Crippen molar-refractivity contribution in [1.82, 2.24) is 0 Å². The molecule has 1 heterocycles. The Labute approximate surface area is 89.6 Å². The van der Waals surface area contributed by atoms with Crippen molar-refractivity contribution in [2.75, 3.05) is 0 Å². The third-order valence-corrected chi connectivity index (χ3v) is 3.64. The SMILES string of the molecule is CC(C(=O)O)C1(C)OC(=O)[C@H](C)C[C@@H]1C. The largest absolute Gasteiger partial charge is 0.481 e. The van der Waals surface area contributed by atoms with Crippen LogP contribution < -0.4 is 0 Å². The van der Waals surface area contributed by atoms with Gasteiger partial charge < -0.3 is 9.84 Å². The van der Waals surface area contributed by atoms with E-state index < -0.39 is 17.5 Å². The molecule has 1 aliphatic rings. The molecule has 0 saturated carbocycles. The highest BCUT2D eigenvalue weighted by Crippen LogP contribution is 2.39. The Kier molecular flexibility index (Phi) is 3.07. The van der Waals surface area contributed by atoms with Crippen molar-refractivity contribution in [2.24, 2.45) is 17.8 Å². The number of carbonyl (C=O) groups is 2. The molecule has 0 radical (unpaired) electrons. The van der Waals surface area contributed by atoms with Gasteiger partial charge in [0.25, 0.3) is 0 Å². The van der Waals surface area contributed by atoms with Crippen LogP contribution >= 0.6 is 0 Å². The van der Waals surface area contributed by atoms with E-state index in [0.717, 1.165) is 0 Å². The molecule has 1 rings (SSSR count). The highest BCUT2D eigenvalue weighted by Gasteiger charge is 2.48. The number of hydrogen-bond donors (Lipinski definition) is 1. The van der Waals surface area contributed by atoms with Gasteiger partial charge in [0.05, 0.1) is 11.8 Å². The summed E-state index contributed by atoms with van der Waals surface area (Å²) in [6, 6.07) is 0. The van der Waals surface area contributed by atoms with Gasteiger partial charge in [-0.2, -0.15) is 0 Å². The van der Waals surface area contributed by atoms with Gasteiger partial charge in [0.2, 0.25) is 0 Å². The average molecular weight is 214 g/mol. The van der Waals surface area contributed by atoms with Crippen LogP contribution in [0.5, 0.6) is 0 Å². The predicted octanol–water partition coefficient (Wildman–Crippen LogP) is 1.68. The van der Waals surface area contributed by atoms with Gasteiger partial charge in [-0.25, -0.2) is 0 Å². The summed E-state index contributed by atoms with van der Waals surface area (Å²) >= 11 is 0. The Bertz CT molecular complexity index is 286. The van der Waals surface area contributed by atoms with E-state index in [9.17, 15) is 9.59 Å². The number of carbonyl (C=O) groups excluding carboxylic acids is 1. The van der Waals surface area contributed by atoms with Crippen LogP contribution in [0.1, 0.15) is 34.1 Å². The summed E-state index contributed by atoms with van der Waals surface area (Å²) in [5, 5.41) is 8.98. The van der Waals surface area contributed by atoms with E-state index in [0.29, 0.717) is 6.42 Å². The Morgan fingerprint density at radius 3 is 2.60 bits per heavy atom. The lowest BCUT2D eigenvalue weighted by Crippen LogP contribution is -2.52. The minimum Gasteiger partial charge on any atom is -0.481 e. The van der Waals surface area contributed by atoms with E-state index in [1.807, 2.05) is 13.8 Å². The van der Waals surface area contributed by atoms with Crippen LogP contribution in [0.15, 0.2) is 0 Å². The lowest BCUT2D eigenvalue weighted by Gasteiger charge is -2.43. The van der Waals surface area contributed by atoms with Crippen molar-refractivity contribution in [3.8, 4) is 0 Å². The third-order valence-electron chi connectivity index (χ3n) is 3.64. The molecule has 0 spiro atoms. The fourth-order valence-corrected chi connectivity index (χ4v) is 2.04. The standard InChI is InChI=1S/C11H18O4/c1-6-5-7(2)11(4,15-10(6)14)8(3)9(12)13/h6-8H,5H2,1-4H3,(H,12,13)/t6-,7+,8?,11?/m1/s1. The van der Waals surface area contributed by atoms with Gasteiger partial charge in [-0.3, -0.25) is 9.59 Å². The Hall–Kier alpha value is -1.06. The third kappa shape index (κ3) is 1.98. The van der Waals surface area contributed by atoms with E-state index >= 15 is 0 Å². The highest BCUT2D eigenvalue weighted by atomic mass is 16.6. The maximum absolute atomic E-state index is 11.5. The summed E-state index contributed by atoms with van der Waals surface area (Å²) in [5.74, 6) is -1.95. The van der Waals surface area contributed by atoms with Crippen LogP contribution in [0.3, 0.4) is 0 Å². The molecule has 4 nitrogen and oxygen atoms in total.